The fraction of sp³-hybridized carbons (Fsp3) is 0.231. The second-order valence-electron chi connectivity index (χ2n) is 8.15. The van der Waals surface area contributed by atoms with Gasteiger partial charge in [-0.1, -0.05) is 59.9 Å². The molecule has 0 bridgehead atoms. The number of piperazine rings is 1. The normalized spacial score (nSPS) is 14.3. The molecule has 1 aliphatic rings. The molecule has 0 unspecified atom stereocenters. The number of anilines is 1. The zero-order chi connectivity index (χ0) is 21.4. The molecule has 1 aromatic heterocycles. The Hall–Kier alpha value is -3.18. The molecule has 3 aromatic carbocycles. The van der Waals surface area contributed by atoms with E-state index >= 15 is 0 Å². The highest BCUT2D eigenvalue weighted by Gasteiger charge is 2.24. The summed E-state index contributed by atoms with van der Waals surface area (Å²) in [5.74, 6) is 0.107. The zero-order valence-corrected chi connectivity index (χ0v) is 18.7. The SMILES string of the molecule is Cc1cc(C)c2sc(N3CCN(C(=O)c4ccc(-c5ccccc5)cc4)CC3)nc2c1. The molecule has 2 heterocycles. The summed E-state index contributed by atoms with van der Waals surface area (Å²) in [5.41, 5.74) is 6.65. The zero-order valence-electron chi connectivity index (χ0n) is 17.8. The van der Waals surface area contributed by atoms with Crippen LogP contribution in [0.4, 0.5) is 5.13 Å². The number of carbonyl (C=O) groups is 1. The minimum Gasteiger partial charge on any atom is -0.345 e. The Morgan fingerprint density at radius 1 is 0.871 bits per heavy atom. The molecule has 31 heavy (non-hydrogen) atoms. The summed E-state index contributed by atoms with van der Waals surface area (Å²) in [7, 11) is 0. The van der Waals surface area contributed by atoms with Crippen molar-refractivity contribution in [3.63, 3.8) is 0 Å². The predicted molar refractivity (Wildman–Crippen MR) is 129 cm³/mol. The monoisotopic (exact) mass is 427 g/mol. The second kappa shape index (κ2) is 8.16. The van der Waals surface area contributed by atoms with Crippen molar-refractivity contribution in [2.45, 2.75) is 13.8 Å². The van der Waals surface area contributed by atoms with Crippen molar-refractivity contribution in [3.05, 3.63) is 83.4 Å². The molecule has 4 nitrogen and oxygen atoms in total. The van der Waals surface area contributed by atoms with Gasteiger partial charge < -0.3 is 9.80 Å². The molecule has 5 rings (SSSR count). The van der Waals surface area contributed by atoms with Crippen LogP contribution in [-0.2, 0) is 0 Å². The maximum atomic E-state index is 13.0. The molecule has 0 spiro atoms. The van der Waals surface area contributed by atoms with E-state index in [1.165, 1.54) is 15.8 Å². The van der Waals surface area contributed by atoms with Gasteiger partial charge in [0.05, 0.1) is 10.2 Å². The number of carbonyl (C=O) groups excluding carboxylic acids is 1. The fourth-order valence-corrected chi connectivity index (χ4v) is 5.29. The van der Waals surface area contributed by atoms with E-state index in [0.717, 1.165) is 40.4 Å². The van der Waals surface area contributed by atoms with Crippen LogP contribution < -0.4 is 4.90 Å². The molecular formula is C26H25N3OS. The number of rotatable bonds is 3. The van der Waals surface area contributed by atoms with Gasteiger partial charge >= 0.3 is 0 Å². The van der Waals surface area contributed by atoms with Gasteiger partial charge in [-0.25, -0.2) is 4.98 Å². The lowest BCUT2D eigenvalue weighted by atomic mass is 10.0. The van der Waals surface area contributed by atoms with Crippen molar-refractivity contribution in [1.29, 1.82) is 0 Å². The number of thiazole rings is 1. The Morgan fingerprint density at radius 2 is 1.55 bits per heavy atom. The molecule has 0 radical (unpaired) electrons. The van der Waals surface area contributed by atoms with E-state index in [4.69, 9.17) is 4.98 Å². The third-order valence-corrected chi connectivity index (χ3v) is 7.15. The number of amides is 1. The smallest absolute Gasteiger partial charge is 0.253 e. The van der Waals surface area contributed by atoms with Crippen LogP contribution in [0.1, 0.15) is 21.5 Å². The van der Waals surface area contributed by atoms with Crippen LogP contribution in [0.15, 0.2) is 66.7 Å². The molecule has 1 amide bonds. The van der Waals surface area contributed by atoms with E-state index in [1.54, 1.807) is 11.3 Å². The lowest BCUT2D eigenvalue weighted by Crippen LogP contribution is -2.48. The molecule has 1 aliphatic heterocycles. The third-order valence-electron chi connectivity index (χ3n) is 5.89. The minimum atomic E-state index is 0.107. The molecule has 1 fully saturated rings. The average molecular weight is 428 g/mol. The Bertz CT molecular complexity index is 1220. The summed E-state index contributed by atoms with van der Waals surface area (Å²) in [5, 5.41) is 1.06. The first kappa shape index (κ1) is 19.8. The Balaban J connectivity index is 1.26. The summed E-state index contributed by atoms with van der Waals surface area (Å²) in [4.78, 5) is 22.1. The van der Waals surface area contributed by atoms with Crippen molar-refractivity contribution in [2.24, 2.45) is 0 Å². The van der Waals surface area contributed by atoms with Crippen molar-refractivity contribution >= 4 is 32.6 Å². The topological polar surface area (TPSA) is 36.4 Å². The molecule has 0 atom stereocenters. The third kappa shape index (κ3) is 3.93. The molecule has 0 aliphatic carbocycles. The van der Waals surface area contributed by atoms with Gasteiger partial charge in [-0.05, 0) is 54.3 Å². The summed E-state index contributed by atoms with van der Waals surface area (Å²) in [6, 6.07) is 22.5. The highest BCUT2D eigenvalue weighted by atomic mass is 32.1. The maximum absolute atomic E-state index is 13.0. The van der Waals surface area contributed by atoms with E-state index in [9.17, 15) is 4.79 Å². The van der Waals surface area contributed by atoms with Crippen LogP contribution in [0.25, 0.3) is 21.3 Å². The first-order chi connectivity index (χ1) is 15.1. The number of aryl methyl sites for hydroxylation is 2. The van der Waals surface area contributed by atoms with Crippen LogP contribution in [0.3, 0.4) is 0 Å². The van der Waals surface area contributed by atoms with Crippen LogP contribution in [-0.4, -0.2) is 42.0 Å². The molecule has 5 heteroatoms. The number of nitrogens with zero attached hydrogens (tertiary/aromatic N) is 3. The van der Waals surface area contributed by atoms with Crippen molar-refractivity contribution in [2.75, 3.05) is 31.1 Å². The lowest BCUT2D eigenvalue weighted by molar-refractivity contribution is 0.0747. The van der Waals surface area contributed by atoms with Crippen molar-refractivity contribution in [1.82, 2.24) is 9.88 Å². The first-order valence-corrected chi connectivity index (χ1v) is 11.5. The van der Waals surface area contributed by atoms with Gasteiger partial charge in [0, 0.05) is 31.7 Å². The van der Waals surface area contributed by atoms with Gasteiger partial charge in [-0.2, -0.15) is 0 Å². The summed E-state index contributed by atoms with van der Waals surface area (Å²) < 4.78 is 1.26. The highest BCUT2D eigenvalue weighted by molar-refractivity contribution is 7.22. The number of hydrogen-bond acceptors (Lipinski definition) is 4. The minimum absolute atomic E-state index is 0.107. The van der Waals surface area contributed by atoms with Gasteiger partial charge in [0.15, 0.2) is 5.13 Å². The van der Waals surface area contributed by atoms with Gasteiger partial charge in [0.2, 0.25) is 0 Å². The molecule has 4 aromatic rings. The van der Waals surface area contributed by atoms with E-state index < -0.39 is 0 Å². The van der Waals surface area contributed by atoms with Crippen LogP contribution in [0, 0.1) is 13.8 Å². The number of aromatic nitrogens is 1. The van der Waals surface area contributed by atoms with Gasteiger partial charge in [-0.3, -0.25) is 4.79 Å². The quantitative estimate of drug-likeness (QED) is 0.431. The van der Waals surface area contributed by atoms with Crippen LogP contribution in [0.2, 0.25) is 0 Å². The lowest BCUT2D eigenvalue weighted by Gasteiger charge is -2.34. The van der Waals surface area contributed by atoms with Gasteiger partial charge in [0.25, 0.3) is 5.91 Å². The van der Waals surface area contributed by atoms with Crippen molar-refractivity contribution in [3.8, 4) is 11.1 Å². The van der Waals surface area contributed by atoms with E-state index in [1.807, 2.05) is 47.4 Å². The Kier molecular flexibility index (Phi) is 5.20. The van der Waals surface area contributed by atoms with Crippen molar-refractivity contribution < 1.29 is 4.79 Å². The highest BCUT2D eigenvalue weighted by Crippen LogP contribution is 2.32. The number of benzene rings is 3. The number of hydrogen-bond donors (Lipinski definition) is 0. The predicted octanol–water partition coefficient (Wildman–Crippen LogP) is 5.54. The molecule has 156 valence electrons. The van der Waals surface area contributed by atoms with Gasteiger partial charge in [0.1, 0.15) is 0 Å². The fourth-order valence-electron chi connectivity index (χ4n) is 4.22. The number of fused-ring (bicyclic) bond motifs is 1. The molecule has 0 N–H and O–H groups in total. The largest absolute Gasteiger partial charge is 0.345 e. The first-order valence-electron chi connectivity index (χ1n) is 10.7. The van der Waals surface area contributed by atoms with E-state index in [0.29, 0.717) is 13.1 Å². The molecule has 1 saturated heterocycles. The molecular weight excluding hydrogens is 402 g/mol. The van der Waals surface area contributed by atoms with E-state index in [-0.39, 0.29) is 5.91 Å². The summed E-state index contributed by atoms with van der Waals surface area (Å²) in [6.45, 7) is 7.32. The standard InChI is InChI=1S/C26H25N3OS/c1-18-16-19(2)24-23(17-18)27-26(31-24)29-14-12-28(13-15-29)25(30)22-10-8-21(9-11-22)20-6-4-3-5-7-20/h3-11,16-17H,12-15H2,1-2H3. The summed E-state index contributed by atoms with van der Waals surface area (Å²) in [6.07, 6.45) is 0. The Morgan fingerprint density at radius 3 is 2.26 bits per heavy atom. The average Bonchev–Trinajstić information content (AvgIpc) is 3.24. The maximum Gasteiger partial charge on any atom is 0.253 e. The van der Waals surface area contributed by atoms with Crippen LogP contribution in [0.5, 0.6) is 0 Å². The Labute approximate surface area is 186 Å². The van der Waals surface area contributed by atoms with E-state index in [2.05, 4.69) is 43.0 Å². The second-order valence-corrected chi connectivity index (χ2v) is 9.13. The molecule has 0 saturated carbocycles. The van der Waals surface area contributed by atoms with Gasteiger partial charge in [-0.15, -0.1) is 0 Å². The summed E-state index contributed by atoms with van der Waals surface area (Å²) >= 11 is 1.76. The van der Waals surface area contributed by atoms with Crippen LogP contribution >= 0.6 is 11.3 Å².